The van der Waals surface area contributed by atoms with E-state index >= 15 is 0 Å². The minimum absolute atomic E-state index is 0.0190. The van der Waals surface area contributed by atoms with Gasteiger partial charge in [0.05, 0.1) is 16.8 Å². The molecule has 0 aliphatic heterocycles. The van der Waals surface area contributed by atoms with Crippen LogP contribution in [0.4, 0.5) is 26.3 Å². The summed E-state index contributed by atoms with van der Waals surface area (Å²) in [4.78, 5) is 28.5. The molecule has 2 heterocycles. The first-order chi connectivity index (χ1) is 14.9. The number of ketones is 1. The molecule has 2 aromatic heterocycles. The number of aromatic nitrogens is 2. The smallest absolute Gasteiger partial charge is 0.319 e. The maximum atomic E-state index is 13.6. The molecule has 0 radical (unpaired) electrons. The van der Waals surface area contributed by atoms with E-state index in [0.717, 1.165) is 48.7 Å². The number of Topliss-reactive ketones (excluding diaryl/α,β-unsaturated/α-hetero) is 1. The molecule has 0 bridgehead atoms. The Morgan fingerprint density at radius 2 is 1.66 bits per heavy atom. The summed E-state index contributed by atoms with van der Waals surface area (Å²) < 4.78 is 80.7. The highest BCUT2D eigenvalue weighted by atomic mass is 19.4. The summed E-state index contributed by atoms with van der Waals surface area (Å²) in [6, 6.07) is 7.80. The fourth-order valence-corrected chi connectivity index (χ4v) is 3.24. The Bertz CT molecular complexity index is 1180. The lowest BCUT2D eigenvalue weighted by atomic mass is 9.86. The Labute approximate surface area is 178 Å². The predicted octanol–water partition coefficient (Wildman–Crippen LogP) is 5.22. The van der Waals surface area contributed by atoms with Gasteiger partial charge in [-0.1, -0.05) is 12.1 Å². The van der Waals surface area contributed by atoms with Crippen LogP contribution in [0.15, 0.2) is 65.7 Å². The zero-order valence-corrected chi connectivity index (χ0v) is 16.5. The molecule has 4 nitrogen and oxygen atoms in total. The Morgan fingerprint density at radius 3 is 2.22 bits per heavy atom. The van der Waals surface area contributed by atoms with Crippen molar-refractivity contribution in [2.45, 2.75) is 24.7 Å². The van der Waals surface area contributed by atoms with Crippen LogP contribution in [-0.2, 0) is 19.4 Å². The number of nitrogens with zero attached hydrogens (tertiary/aromatic N) is 2. The summed E-state index contributed by atoms with van der Waals surface area (Å²) in [6.07, 6.45) is -7.50. The van der Waals surface area contributed by atoms with Gasteiger partial charge in [0.1, 0.15) is 0 Å². The van der Waals surface area contributed by atoms with Gasteiger partial charge in [-0.15, -0.1) is 0 Å². The van der Waals surface area contributed by atoms with E-state index in [0.29, 0.717) is 0 Å². The molecular weight excluding hydrogens is 438 g/mol. The third-order valence-electron chi connectivity index (χ3n) is 4.93. The van der Waals surface area contributed by atoms with Crippen LogP contribution in [0.3, 0.4) is 0 Å². The molecule has 0 aliphatic carbocycles. The van der Waals surface area contributed by atoms with Crippen molar-refractivity contribution in [2.24, 2.45) is 7.05 Å². The van der Waals surface area contributed by atoms with Crippen LogP contribution in [0.25, 0.3) is 0 Å². The second-order valence-corrected chi connectivity index (χ2v) is 7.10. The Hall–Kier alpha value is -3.43. The fraction of sp³-hybridized carbons (Fsp3) is 0.227. The average molecular weight is 454 g/mol. The minimum atomic E-state index is -4.79. The van der Waals surface area contributed by atoms with Crippen molar-refractivity contribution in [1.29, 1.82) is 0 Å². The number of hydrogen-bond donors (Lipinski definition) is 0. The topological polar surface area (TPSA) is 52.0 Å². The number of alkyl halides is 6. The second kappa shape index (κ2) is 8.60. The van der Waals surface area contributed by atoms with Crippen molar-refractivity contribution >= 4 is 5.78 Å². The molecule has 0 amide bonds. The van der Waals surface area contributed by atoms with Gasteiger partial charge in [-0.3, -0.25) is 14.6 Å². The molecule has 1 aromatic carbocycles. The van der Waals surface area contributed by atoms with Crippen molar-refractivity contribution in [1.82, 2.24) is 9.55 Å². The number of carbonyl (C=O) groups is 1. The first-order valence-electron chi connectivity index (χ1n) is 9.27. The van der Waals surface area contributed by atoms with Crippen LogP contribution in [0, 0.1) is 0 Å². The zero-order valence-electron chi connectivity index (χ0n) is 16.5. The molecule has 0 fully saturated rings. The zero-order chi connectivity index (χ0) is 23.7. The number of pyridine rings is 2. The molecule has 1 atom stereocenters. The lowest BCUT2D eigenvalue weighted by molar-refractivity contribution is -0.139. The van der Waals surface area contributed by atoms with Crippen molar-refractivity contribution in [2.75, 3.05) is 0 Å². The molecule has 0 saturated heterocycles. The van der Waals surface area contributed by atoms with E-state index in [2.05, 4.69) is 4.98 Å². The number of rotatable bonds is 5. The summed E-state index contributed by atoms with van der Waals surface area (Å²) in [5, 5.41) is 0. The van der Waals surface area contributed by atoms with Gasteiger partial charge in [0, 0.05) is 43.4 Å². The van der Waals surface area contributed by atoms with Crippen LogP contribution < -0.4 is 5.56 Å². The normalized spacial score (nSPS) is 13.1. The standard InChI is InChI=1S/C22H16F6N2O2/c1-30-10-8-14(11-19(30)32)18(31)12-16(13-4-6-15(7-5-13)21(23,24)25)20-17(22(26,27)28)3-2-9-29-20/h2-11,16H,12H2,1H3/t16-/m0/s1. The molecule has 10 heteroatoms. The summed E-state index contributed by atoms with van der Waals surface area (Å²) in [5.41, 5.74) is -3.02. The van der Waals surface area contributed by atoms with Crippen LogP contribution in [0.2, 0.25) is 0 Å². The van der Waals surface area contributed by atoms with E-state index in [1.165, 1.54) is 23.9 Å². The molecule has 3 aromatic rings. The SMILES string of the molecule is Cn1ccc(C(=O)C[C@@H](c2ccc(C(F)(F)F)cc2)c2ncccc2C(F)(F)F)cc1=O. The molecular formula is C22H16F6N2O2. The Morgan fingerprint density at radius 1 is 1.00 bits per heavy atom. The van der Waals surface area contributed by atoms with Crippen molar-refractivity contribution < 1.29 is 31.1 Å². The lowest BCUT2D eigenvalue weighted by Gasteiger charge is -2.21. The highest BCUT2D eigenvalue weighted by Gasteiger charge is 2.37. The van der Waals surface area contributed by atoms with Gasteiger partial charge in [-0.2, -0.15) is 26.3 Å². The number of aryl methyl sites for hydroxylation is 1. The van der Waals surface area contributed by atoms with Crippen LogP contribution in [0.5, 0.6) is 0 Å². The van der Waals surface area contributed by atoms with Crippen molar-refractivity contribution in [3.8, 4) is 0 Å². The van der Waals surface area contributed by atoms with Gasteiger partial charge in [0.25, 0.3) is 5.56 Å². The highest BCUT2D eigenvalue weighted by Crippen LogP contribution is 2.39. The summed E-state index contributed by atoms with van der Waals surface area (Å²) in [7, 11) is 1.46. The predicted molar refractivity (Wildman–Crippen MR) is 103 cm³/mol. The summed E-state index contributed by atoms with van der Waals surface area (Å²) in [5.74, 6) is -1.93. The molecule has 0 saturated carbocycles. The lowest BCUT2D eigenvalue weighted by Crippen LogP contribution is -2.20. The van der Waals surface area contributed by atoms with Crippen LogP contribution in [0.1, 0.15) is 45.1 Å². The molecule has 0 unspecified atom stereocenters. The van der Waals surface area contributed by atoms with Gasteiger partial charge >= 0.3 is 12.4 Å². The second-order valence-electron chi connectivity index (χ2n) is 7.10. The third kappa shape index (κ3) is 5.06. The molecule has 0 N–H and O–H groups in total. The monoisotopic (exact) mass is 454 g/mol. The van der Waals surface area contributed by atoms with E-state index in [1.807, 2.05) is 0 Å². The number of benzene rings is 1. The largest absolute Gasteiger partial charge is 0.418 e. The maximum Gasteiger partial charge on any atom is 0.418 e. The van der Waals surface area contributed by atoms with Gasteiger partial charge in [-0.05, 0) is 35.9 Å². The summed E-state index contributed by atoms with van der Waals surface area (Å²) >= 11 is 0. The molecule has 0 aliphatic rings. The average Bonchev–Trinajstić information content (AvgIpc) is 2.72. The van der Waals surface area contributed by atoms with Gasteiger partial charge in [-0.25, -0.2) is 0 Å². The minimum Gasteiger partial charge on any atom is -0.319 e. The van der Waals surface area contributed by atoms with E-state index in [4.69, 9.17) is 0 Å². The Kier molecular flexibility index (Phi) is 6.25. The van der Waals surface area contributed by atoms with E-state index in [-0.39, 0.29) is 11.1 Å². The van der Waals surface area contributed by atoms with Gasteiger partial charge in [0.2, 0.25) is 0 Å². The van der Waals surface area contributed by atoms with Crippen molar-refractivity contribution in [3.05, 3.63) is 99.2 Å². The van der Waals surface area contributed by atoms with Crippen molar-refractivity contribution in [3.63, 3.8) is 0 Å². The van der Waals surface area contributed by atoms with Gasteiger partial charge < -0.3 is 4.57 Å². The quantitative estimate of drug-likeness (QED) is 0.392. The number of carbonyl (C=O) groups excluding carboxylic acids is 1. The Balaban J connectivity index is 2.09. The number of halogens is 6. The molecule has 3 rings (SSSR count). The van der Waals surface area contributed by atoms with Crippen LogP contribution in [-0.4, -0.2) is 15.3 Å². The molecule has 32 heavy (non-hydrogen) atoms. The fourth-order valence-electron chi connectivity index (χ4n) is 3.24. The van der Waals surface area contributed by atoms with Crippen LogP contribution >= 0.6 is 0 Å². The van der Waals surface area contributed by atoms with E-state index in [9.17, 15) is 35.9 Å². The first-order valence-corrected chi connectivity index (χ1v) is 9.27. The maximum absolute atomic E-state index is 13.6. The van der Waals surface area contributed by atoms with E-state index in [1.54, 1.807) is 0 Å². The first kappa shape index (κ1) is 23.2. The molecule has 0 spiro atoms. The highest BCUT2D eigenvalue weighted by molar-refractivity contribution is 5.96. The number of hydrogen-bond acceptors (Lipinski definition) is 3. The van der Waals surface area contributed by atoms with E-state index < -0.39 is 52.9 Å². The van der Waals surface area contributed by atoms with Gasteiger partial charge in [0.15, 0.2) is 5.78 Å². The third-order valence-corrected chi connectivity index (χ3v) is 4.93. The molecule has 168 valence electrons. The summed E-state index contributed by atoms with van der Waals surface area (Å²) in [6.45, 7) is 0.